The summed E-state index contributed by atoms with van der Waals surface area (Å²) in [5.41, 5.74) is 5.76. The molecule has 1 rings (SSSR count). The summed E-state index contributed by atoms with van der Waals surface area (Å²) in [6.45, 7) is 4.25. The molecule has 0 spiro atoms. The zero-order valence-corrected chi connectivity index (χ0v) is 10.8. The Kier molecular flexibility index (Phi) is 5.01. The Morgan fingerprint density at radius 1 is 1.33 bits per heavy atom. The number of likely N-dealkylation sites (tertiary alicyclic amines) is 1. The summed E-state index contributed by atoms with van der Waals surface area (Å²) in [4.78, 5) is 13.4. The third kappa shape index (κ3) is 4.15. The molecule has 0 radical (unpaired) electrons. The van der Waals surface area contributed by atoms with Gasteiger partial charge in [0.2, 0.25) is 5.91 Å². The number of halogens is 3. The molecule has 2 N–H and O–H groups in total. The van der Waals surface area contributed by atoms with Crippen LogP contribution in [0.3, 0.4) is 0 Å². The maximum atomic E-state index is 12.5. The van der Waals surface area contributed by atoms with E-state index in [2.05, 4.69) is 0 Å². The Morgan fingerprint density at radius 2 is 1.83 bits per heavy atom. The second kappa shape index (κ2) is 5.91. The lowest BCUT2D eigenvalue weighted by Crippen LogP contribution is -2.49. The lowest BCUT2D eigenvalue weighted by Gasteiger charge is -2.34. The maximum Gasteiger partial charge on any atom is 0.391 e. The number of nitrogens with zero attached hydrogens (tertiary/aromatic N) is 1. The Bertz CT molecular complexity index is 284. The van der Waals surface area contributed by atoms with Gasteiger partial charge in [0.25, 0.3) is 0 Å². The summed E-state index contributed by atoms with van der Waals surface area (Å²) in [7, 11) is 0. The van der Waals surface area contributed by atoms with Crippen molar-refractivity contribution in [2.24, 2.45) is 17.6 Å². The van der Waals surface area contributed by atoms with Gasteiger partial charge in [0, 0.05) is 13.1 Å². The third-order valence-electron chi connectivity index (χ3n) is 3.31. The first-order valence-corrected chi connectivity index (χ1v) is 6.33. The van der Waals surface area contributed by atoms with Gasteiger partial charge in [-0.1, -0.05) is 13.8 Å². The number of rotatable bonds is 3. The predicted octanol–water partition coefficient (Wildman–Crippen LogP) is 2.16. The molecule has 18 heavy (non-hydrogen) atoms. The molecule has 1 fully saturated rings. The molecule has 0 aromatic heterocycles. The molecule has 0 unspecified atom stereocenters. The molecule has 3 nitrogen and oxygen atoms in total. The van der Waals surface area contributed by atoms with E-state index in [1.54, 1.807) is 0 Å². The second-order valence-corrected chi connectivity index (χ2v) is 5.38. The quantitative estimate of drug-likeness (QED) is 0.851. The fourth-order valence-electron chi connectivity index (χ4n) is 2.27. The number of alkyl halides is 3. The number of piperidine rings is 1. The highest BCUT2D eigenvalue weighted by atomic mass is 19.4. The van der Waals surface area contributed by atoms with Crippen LogP contribution in [0.4, 0.5) is 13.2 Å². The lowest BCUT2D eigenvalue weighted by atomic mass is 9.95. The van der Waals surface area contributed by atoms with E-state index in [1.165, 1.54) is 4.90 Å². The van der Waals surface area contributed by atoms with Crippen LogP contribution in [0.5, 0.6) is 0 Å². The van der Waals surface area contributed by atoms with Gasteiger partial charge >= 0.3 is 6.18 Å². The largest absolute Gasteiger partial charge is 0.391 e. The molecule has 0 aliphatic carbocycles. The van der Waals surface area contributed by atoms with E-state index in [4.69, 9.17) is 5.73 Å². The van der Waals surface area contributed by atoms with E-state index < -0.39 is 18.1 Å². The number of carbonyl (C=O) groups excluding carboxylic acids is 1. The van der Waals surface area contributed by atoms with Gasteiger partial charge in [0.05, 0.1) is 12.0 Å². The van der Waals surface area contributed by atoms with Crippen LogP contribution < -0.4 is 5.73 Å². The lowest BCUT2D eigenvalue weighted by molar-refractivity contribution is -0.186. The van der Waals surface area contributed by atoms with Gasteiger partial charge < -0.3 is 10.6 Å². The monoisotopic (exact) mass is 266 g/mol. The van der Waals surface area contributed by atoms with Crippen LogP contribution in [0.15, 0.2) is 0 Å². The highest BCUT2D eigenvalue weighted by molar-refractivity contribution is 5.81. The fraction of sp³-hybridized carbons (Fsp3) is 0.917. The number of hydrogen-bond acceptors (Lipinski definition) is 2. The van der Waals surface area contributed by atoms with E-state index in [9.17, 15) is 18.0 Å². The Balaban J connectivity index is 2.45. The molecule has 1 atom stereocenters. The van der Waals surface area contributed by atoms with Crippen molar-refractivity contribution in [3.63, 3.8) is 0 Å². The summed E-state index contributed by atoms with van der Waals surface area (Å²) in [5, 5.41) is 0. The van der Waals surface area contributed by atoms with Gasteiger partial charge in [-0.25, -0.2) is 0 Å². The minimum absolute atomic E-state index is 0.0103. The van der Waals surface area contributed by atoms with Gasteiger partial charge in [-0.3, -0.25) is 4.79 Å². The molecule has 1 amide bonds. The Labute approximate surface area is 106 Å². The van der Waals surface area contributed by atoms with Crippen molar-refractivity contribution in [2.45, 2.75) is 45.3 Å². The van der Waals surface area contributed by atoms with Crippen molar-refractivity contribution in [1.29, 1.82) is 0 Å². The van der Waals surface area contributed by atoms with E-state index in [0.717, 1.165) is 0 Å². The zero-order valence-electron chi connectivity index (χ0n) is 10.8. The average molecular weight is 266 g/mol. The molecule has 1 aliphatic rings. The summed E-state index contributed by atoms with van der Waals surface area (Å²) in [6.07, 6.45) is -3.60. The molecule has 0 aromatic rings. The van der Waals surface area contributed by atoms with Crippen molar-refractivity contribution < 1.29 is 18.0 Å². The molecule has 106 valence electrons. The molecular weight excluding hydrogens is 245 g/mol. The smallest absolute Gasteiger partial charge is 0.341 e. The minimum Gasteiger partial charge on any atom is -0.341 e. The SMILES string of the molecule is CC(C)C[C@@H](N)C(=O)N1CCC(C(F)(F)F)CC1. The first-order valence-electron chi connectivity index (χ1n) is 6.33. The summed E-state index contributed by atoms with van der Waals surface area (Å²) < 4.78 is 37.4. The van der Waals surface area contributed by atoms with Crippen LogP contribution in [0.2, 0.25) is 0 Å². The van der Waals surface area contributed by atoms with Crippen molar-refractivity contribution in [3.05, 3.63) is 0 Å². The van der Waals surface area contributed by atoms with Crippen LogP contribution in [0.1, 0.15) is 33.1 Å². The number of hydrogen-bond donors (Lipinski definition) is 1. The first-order chi connectivity index (χ1) is 8.21. The molecule has 0 bridgehead atoms. The van der Waals surface area contributed by atoms with Crippen LogP contribution in [-0.2, 0) is 4.79 Å². The van der Waals surface area contributed by atoms with Crippen LogP contribution >= 0.6 is 0 Å². The van der Waals surface area contributed by atoms with E-state index in [1.807, 2.05) is 13.8 Å². The van der Waals surface area contributed by atoms with Crippen LogP contribution in [-0.4, -0.2) is 36.1 Å². The number of amides is 1. The molecule has 1 heterocycles. The normalized spacial score (nSPS) is 20.3. The molecule has 0 aromatic carbocycles. The number of carbonyl (C=O) groups is 1. The molecule has 0 saturated carbocycles. The molecular formula is C12H21F3N2O. The standard InChI is InChI=1S/C12H21F3N2O/c1-8(2)7-10(16)11(18)17-5-3-9(4-6-17)12(13,14)15/h8-10H,3-7,16H2,1-2H3/t10-/m1/s1. The van der Waals surface area contributed by atoms with E-state index >= 15 is 0 Å². The first kappa shape index (κ1) is 15.3. The molecule has 1 aliphatic heterocycles. The highest BCUT2D eigenvalue weighted by Crippen LogP contribution is 2.34. The maximum absolute atomic E-state index is 12.5. The van der Waals surface area contributed by atoms with Crippen molar-refractivity contribution in [3.8, 4) is 0 Å². The van der Waals surface area contributed by atoms with Gasteiger partial charge in [-0.15, -0.1) is 0 Å². The van der Waals surface area contributed by atoms with Gasteiger partial charge in [0.1, 0.15) is 0 Å². The number of nitrogens with two attached hydrogens (primary N) is 1. The Morgan fingerprint density at radius 3 is 2.22 bits per heavy atom. The Hall–Kier alpha value is -0.780. The fourth-order valence-corrected chi connectivity index (χ4v) is 2.27. The van der Waals surface area contributed by atoms with Crippen molar-refractivity contribution in [2.75, 3.05) is 13.1 Å². The summed E-state index contributed by atoms with van der Waals surface area (Å²) in [5.74, 6) is -1.19. The topological polar surface area (TPSA) is 46.3 Å². The summed E-state index contributed by atoms with van der Waals surface area (Å²) >= 11 is 0. The van der Waals surface area contributed by atoms with E-state index in [-0.39, 0.29) is 31.8 Å². The van der Waals surface area contributed by atoms with Crippen LogP contribution in [0, 0.1) is 11.8 Å². The molecule has 1 saturated heterocycles. The zero-order chi connectivity index (χ0) is 13.9. The van der Waals surface area contributed by atoms with Gasteiger partial charge in [-0.2, -0.15) is 13.2 Å². The summed E-state index contributed by atoms with van der Waals surface area (Å²) in [6, 6.07) is -0.590. The third-order valence-corrected chi connectivity index (χ3v) is 3.31. The van der Waals surface area contributed by atoms with Crippen molar-refractivity contribution >= 4 is 5.91 Å². The average Bonchev–Trinajstić information content (AvgIpc) is 2.26. The van der Waals surface area contributed by atoms with E-state index in [0.29, 0.717) is 12.3 Å². The van der Waals surface area contributed by atoms with Crippen LogP contribution in [0.25, 0.3) is 0 Å². The highest BCUT2D eigenvalue weighted by Gasteiger charge is 2.42. The minimum atomic E-state index is -4.14. The second-order valence-electron chi connectivity index (χ2n) is 5.38. The van der Waals surface area contributed by atoms with Crippen molar-refractivity contribution in [1.82, 2.24) is 4.90 Å². The van der Waals surface area contributed by atoms with Gasteiger partial charge in [0.15, 0.2) is 0 Å². The predicted molar refractivity (Wildman–Crippen MR) is 62.8 cm³/mol. The molecule has 6 heteroatoms. The van der Waals surface area contributed by atoms with Gasteiger partial charge in [-0.05, 0) is 25.2 Å².